The minimum Gasteiger partial charge on any atom is -0.494 e. The van der Waals surface area contributed by atoms with Crippen molar-refractivity contribution in [2.24, 2.45) is 4.99 Å². The lowest BCUT2D eigenvalue weighted by atomic mass is 10.2. The summed E-state index contributed by atoms with van der Waals surface area (Å²) >= 11 is 1.53. The molecule has 0 radical (unpaired) electrons. The Morgan fingerprint density at radius 1 is 1.10 bits per heavy atom. The Morgan fingerprint density at radius 3 is 2.62 bits per heavy atom. The number of rotatable bonds is 9. The number of benzene rings is 2. The third-order valence-electron chi connectivity index (χ3n) is 4.57. The molecule has 0 saturated heterocycles. The minimum atomic E-state index is -0.251. The molecule has 0 spiro atoms. The molecule has 0 fully saturated rings. The number of thiazole rings is 1. The van der Waals surface area contributed by atoms with Crippen LogP contribution >= 0.6 is 11.3 Å². The van der Waals surface area contributed by atoms with E-state index in [9.17, 15) is 4.79 Å². The minimum absolute atomic E-state index is 0.251. The lowest BCUT2D eigenvalue weighted by Gasteiger charge is -2.06. The first kappa shape index (κ1) is 21.3. The number of carbonyl (C=O) groups excluding carboxylic acids is 1. The predicted molar refractivity (Wildman–Crippen MR) is 118 cm³/mol. The van der Waals surface area contributed by atoms with Crippen molar-refractivity contribution < 1.29 is 14.3 Å². The van der Waals surface area contributed by atoms with Crippen molar-refractivity contribution in [2.45, 2.75) is 40.2 Å². The third kappa shape index (κ3) is 5.55. The first-order valence-electron chi connectivity index (χ1n) is 10.1. The second kappa shape index (κ2) is 10.4. The average Bonchev–Trinajstić information content (AvgIpc) is 3.05. The van der Waals surface area contributed by atoms with E-state index >= 15 is 0 Å². The first-order chi connectivity index (χ1) is 14.1. The van der Waals surface area contributed by atoms with Crippen molar-refractivity contribution in [3.8, 4) is 5.75 Å². The largest absolute Gasteiger partial charge is 0.494 e. The Hall–Kier alpha value is -2.44. The van der Waals surface area contributed by atoms with E-state index in [4.69, 9.17) is 9.47 Å². The van der Waals surface area contributed by atoms with Gasteiger partial charge in [0.2, 0.25) is 0 Å². The molecule has 1 aromatic heterocycles. The maximum atomic E-state index is 12.8. The molecule has 0 saturated carbocycles. The maximum absolute atomic E-state index is 12.8. The lowest BCUT2D eigenvalue weighted by molar-refractivity contribution is 0.0996. The number of carbonyl (C=O) groups is 1. The predicted octanol–water partition coefficient (Wildman–Crippen LogP) is 4.97. The SMILES string of the molecule is CCCCOc1ccc(C(=O)N=c2sc3cc(C)ccc3n2CCOCC)cc1. The fourth-order valence-corrected chi connectivity index (χ4v) is 4.11. The average molecular weight is 413 g/mol. The molecule has 1 heterocycles. The topological polar surface area (TPSA) is 52.8 Å². The van der Waals surface area contributed by atoms with E-state index in [2.05, 4.69) is 41.6 Å². The highest BCUT2D eigenvalue weighted by atomic mass is 32.1. The van der Waals surface area contributed by atoms with Gasteiger partial charge in [-0.3, -0.25) is 4.79 Å². The maximum Gasteiger partial charge on any atom is 0.279 e. The highest BCUT2D eigenvalue weighted by Crippen LogP contribution is 2.19. The van der Waals surface area contributed by atoms with Crippen molar-refractivity contribution in [2.75, 3.05) is 19.8 Å². The molecule has 29 heavy (non-hydrogen) atoms. The summed E-state index contributed by atoms with van der Waals surface area (Å²) in [4.78, 5) is 17.9. The second-order valence-electron chi connectivity index (χ2n) is 6.85. The Morgan fingerprint density at radius 2 is 1.90 bits per heavy atom. The summed E-state index contributed by atoms with van der Waals surface area (Å²) < 4.78 is 14.4. The van der Waals surface area contributed by atoms with E-state index in [-0.39, 0.29) is 5.91 Å². The van der Waals surface area contributed by atoms with Gasteiger partial charge in [0, 0.05) is 18.7 Å². The fraction of sp³-hybridized carbons (Fsp3) is 0.391. The molecule has 154 valence electrons. The number of aromatic nitrogens is 1. The van der Waals surface area contributed by atoms with Crippen molar-refractivity contribution >= 4 is 27.5 Å². The Kier molecular flexibility index (Phi) is 7.61. The normalized spacial score (nSPS) is 11.9. The van der Waals surface area contributed by atoms with Gasteiger partial charge in [-0.25, -0.2) is 0 Å². The van der Waals surface area contributed by atoms with Crippen molar-refractivity contribution in [3.63, 3.8) is 0 Å². The van der Waals surface area contributed by atoms with E-state index in [1.54, 1.807) is 12.1 Å². The second-order valence-corrected chi connectivity index (χ2v) is 7.86. The van der Waals surface area contributed by atoms with Crippen LogP contribution in [0.25, 0.3) is 10.2 Å². The molecule has 0 aliphatic rings. The van der Waals surface area contributed by atoms with E-state index in [1.807, 2.05) is 19.1 Å². The van der Waals surface area contributed by atoms with Crippen LogP contribution in [0.3, 0.4) is 0 Å². The van der Waals surface area contributed by atoms with Crippen LogP contribution in [0.15, 0.2) is 47.5 Å². The zero-order chi connectivity index (χ0) is 20.6. The monoisotopic (exact) mass is 412 g/mol. The third-order valence-corrected chi connectivity index (χ3v) is 5.61. The molecule has 2 aromatic carbocycles. The van der Waals surface area contributed by atoms with Gasteiger partial charge >= 0.3 is 0 Å². The Labute approximate surface area is 175 Å². The summed E-state index contributed by atoms with van der Waals surface area (Å²) in [6.07, 6.45) is 2.11. The molecule has 0 unspecified atom stereocenters. The number of unbranched alkanes of at least 4 members (excludes halogenated alkanes) is 1. The highest BCUT2D eigenvalue weighted by molar-refractivity contribution is 7.16. The zero-order valence-electron chi connectivity index (χ0n) is 17.3. The molecule has 0 N–H and O–H groups in total. The van der Waals surface area contributed by atoms with Crippen LogP contribution in [-0.4, -0.2) is 30.3 Å². The molecule has 3 rings (SSSR count). The van der Waals surface area contributed by atoms with Crippen LogP contribution in [-0.2, 0) is 11.3 Å². The standard InChI is InChI=1S/C23H28N2O3S/c1-4-6-14-28-19-10-8-18(9-11-19)22(26)24-23-25(13-15-27-5-2)20-12-7-17(3)16-21(20)29-23/h7-12,16H,4-6,13-15H2,1-3H3. The van der Waals surface area contributed by atoms with E-state index in [0.29, 0.717) is 36.7 Å². The van der Waals surface area contributed by atoms with Gasteiger partial charge in [0.15, 0.2) is 4.80 Å². The van der Waals surface area contributed by atoms with Crippen LogP contribution in [0.5, 0.6) is 5.75 Å². The number of aryl methyl sites for hydroxylation is 1. The molecule has 0 aliphatic carbocycles. The van der Waals surface area contributed by atoms with Gasteiger partial charge in [-0.05, 0) is 62.2 Å². The van der Waals surface area contributed by atoms with Crippen molar-refractivity contribution in [1.29, 1.82) is 0 Å². The number of hydrogen-bond acceptors (Lipinski definition) is 4. The molecule has 5 nitrogen and oxygen atoms in total. The lowest BCUT2D eigenvalue weighted by Crippen LogP contribution is -2.19. The fourth-order valence-electron chi connectivity index (χ4n) is 2.96. The van der Waals surface area contributed by atoms with Gasteiger partial charge in [0.05, 0.1) is 23.4 Å². The number of fused-ring (bicyclic) bond motifs is 1. The molecular weight excluding hydrogens is 384 g/mol. The van der Waals surface area contributed by atoms with Crippen LogP contribution in [0, 0.1) is 6.92 Å². The van der Waals surface area contributed by atoms with Crippen LogP contribution in [0.4, 0.5) is 0 Å². The van der Waals surface area contributed by atoms with Crippen LogP contribution < -0.4 is 9.54 Å². The smallest absolute Gasteiger partial charge is 0.279 e. The summed E-state index contributed by atoms with van der Waals surface area (Å²) in [7, 11) is 0. The molecule has 0 bridgehead atoms. The van der Waals surface area contributed by atoms with E-state index in [1.165, 1.54) is 16.9 Å². The zero-order valence-corrected chi connectivity index (χ0v) is 18.1. The van der Waals surface area contributed by atoms with Gasteiger partial charge in [0.25, 0.3) is 5.91 Å². The van der Waals surface area contributed by atoms with E-state index in [0.717, 1.165) is 28.8 Å². The number of hydrogen-bond donors (Lipinski definition) is 0. The van der Waals surface area contributed by atoms with Crippen molar-refractivity contribution in [3.05, 3.63) is 58.4 Å². The number of ether oxygens (including phenoxy) is 2. The number of amides is 1. The molecule has 1 amide bonds. The van der Waals surface area contributed by atoms with Crippen LogP contribution in [0.2, 0.25) is 0 Å². The van der Waals surface area contributed by atoms with Gasteiger partial charge in [0.1, 0.15) is 5.75 Å². The molecule has 0 atom stereocenters. The Bertz CT molecular complexity index is 1020. The summed E-state index contributed by atoms with van der Waals surface area (Å²) in [5.41, 5.74) is 2.82. The van der Waals surface area contributed by atoms with Gasteiger partial charge in [-0.15, -0.1) is 0 Å². The van der Waals surface area contributed by atoms with Crippen LogP contribution in [0.1, 0.15) is 42.6 Å². The quantitative estimate of drug-likeness (QED) is 0.466. The highest BCUT2D eigenvalue weighted by Gasteiger charge is 2.10. The molecule has 6 heteroatoms. The molecule has 0 aliphatic heterocycles. The van der Waals surface area contributed by atoms with Gasteiger partial charge in [-0.1, -0.05) is 30.7 Å². The van der Waals surface area contributed by atoms with Crippen molar-refractivity contribution in [1.82, 2.24) is 4.57 Å². The summed E-state index contributed by atoms with van der Waals surface area (Å²) in [6.45, 7) is 8.77. The van der Waals surface area contributed by atoms with Gasteiger partial charge in [-0.2, -0.15) is 4.99 Å². The van der Waals surface area contributed by atoms with Gasteiger partial charge < -0.3 is 14.0 Å². The number of nitrogens with zero attached hydrogens (tertiary/aromatic N) is 2. The Balaban J connectivity index is 1.87. The summed E-state index contributed by atoms with van der Waals surface area (Å²) in [5, 5.41) is 0. The molecular formula is C23H28N2O3S. The first-order valence-corrected chi connectivity index (χ1v) is 10.9. The molecule has 3 aromatic rings. The summed E-state index contributed by atoms with van der Waals surface area (Å²) in [6, 6.07) is 13.5. The summed E-state index contributed by atoms with van der Waals surface area (Å²) in [5.74, 6) is 0.526. The van der Waals surface area contributed by atoms with E-state index < -0.39 is 0 Å².